The van der Waals surface area contributed by atoms with Crippen LogP contribution in [0.4, 0.5) is 30.5 Å². The summed E-state index contributed by atoms with van der Waals surface area (Å²) in [6.07, 6.45) is -3.25. The number of likely N-dealkylation sites (tertiary alicyclic amines) is 1. The summed E-state index contributed by atoms with van der Waals surface area (Å²) in [5.74, 6) is 1.57. The molecule has 5 rings (SSSR count). The van der Waals surface area contributed by atoms with Crippen LogP contribution in [0.15, 0.2) is 30.3 Å². The number of ether oxygens (including phenoxy) is 1. The standard InChI is InChI=1S/C27H37F3N6O/c1-19-2-3-23(32-18-34-6-4-20(16-34)15-27(28,29)30)14-24(19)21-12-25(35-8-10-37-11-9-35)33-26(13-21)36-7-5-22(31)17-36/h2-3,12-14,20,22,32H,4-11,15-18,31H2,1H3/t20-,22-/m0/s1. The molecule has 3 N–H and O–H groups in total. The molecule has 3 saturated heterocycles. The van der Waals surface area contributed by atoms with E-state index in [4.69, 9.17) is 15.5 Å². The Hall–Kier alpha value is -2.56. The fraction of sp³-hybridized carbons (Fsp3) is 0.593. The van der Waals surface area contributed by atoms with E-state index in [1.165, 1.54) is 0 Å². The minimum absolute atomic E-state index is 0.160. The monoisotopic (exact) mass is 518 g/mol. The van der Waals surface area contributed by atoms with Gasteiger partial charge in [-0.3, -0.25) is 4.90 Å². The van der Waals surface area contributed by atoms with Crippen LogP contribution in [0.1, 0.15) is 24.8 Å². The maximum atomic E-state index is 12.8. The van der Waals surface area contributed by atoms with Gasteiger partial charge in [-0.15, -0.1) is 0 Å². The van der Waals surface area contributed by atoms with E-state index in [1.54, 1.807) is 0 Å². The molecule has 0 saturated carbocycles. The van der Waals surface area contributed by atoms with Crippen molar-refractivity contribution in [3.8, 4) is 11.1 Å². The first kappa shape index (κ1) is 26.1. The molecular weight excluding hydrogens is 481 g/mol. The second-order valence-electron chi connectivity index (χ2n) is 10.6. The molecule has 37 heavy (non-hydrogen) atoms. The van der Waals surface area contributed by atoms with Crippen LogP contribution in [-0.4, -0.2) is 81.3 Å². The molecule has 10 heteroatoms. The molecule has 7 nitrogen and oxygen atoms in total. The lowest BCUT2D eigenvalue weighted by Gasteiger charge is -2.29. The molecule has 0 aliphatic carbocycles. The van der Waals surface area contributed by atoms with E-state index in [0.717, 1.165) is 66.6 Å². The molecule has 2 aromatic rings. The quantitative estimate of drug-likeness (QED) is 0.573. The van der Waals surface area contributed by atoms with Crippen LogP contribution in [-0.2, 0) is 4.74 Å². The molecule has 3 aliphatic rings. The summed E-state index contributed by atoms with van der Waals surface area (Å²) >= 11 is 0. The van der Waals surface area contributed by atoms with Crippen LogP contribution in [0.25, 0.3) is 11.1 Å². The second kappa shape index (κ2) is 11.0. The number of nitrogens with one attached hydrogen (secondary N) is 1. The van der Waals surface area contributed by atoms with E-state index < -0.39 is 12.6 Å². The number of anilines is 3. The van der Waals surface area contributed by atoms with Gasteiger partial charge < -0.3 is 25.6 Å². The van der Waals surface area contributed by atoms with Crippen molar-refractivity contribution in [1.82, 2.24) is 9.88 Å². The Balaban J connectivity index is 1.35. The number of alkyl halides is 3. The van der Waals surface area contributed by atoms with Crippen LogP contribution in [0.2, 0.25) is 0 Å². The predicted molar refractivity (Wildman–Crippen MR) is 141 cm³/mol. The lowest BCUT2D eigenvalue weighted by molar-refractivity contribution is -0.143. The number of aryl methyl sites for hydroxylation is 1. The van der Waals surface area contributed by atoms with Gasteiger partial charge in [0.15, 0.2) is 0 Å². The van der Waals surface area contributed by atoms with E-state index in [2.05, 4.69) is 51.2 Å². The Morgan fingerprint density at radius 2 is 1.76 bits per heavy atom. The molecule has 4 heterocycles. The van der Waals surface area contributed by atoms with E-state index in [0.29, 0.717) is 39.4 Å². The van der Waals surface area contributed by atoms with Crippen LogP contribution >= 0.6 is 0 Å². The number of hydrogen-bond acceptors (Lipinski definition) is 7. The van der Waals surface area contributed by atoms with Crippen molar-refractivity contribution in [2.24, 2.45) is 11.7 Å². The Morgan fingerprint density at radius 1 is 1.00 bits per heavy atom. The number of morpholine rings is 1. The smallest absolute Gasteiger partial charge is 0.378 e. The molecular formula is C27H37F3N6O. The molecule has 0 spiro atoms. The Morgan fingerprint density at radius 3 is 2.46 bits per heavy atom. The zero-order chi connectivity index (χ0) is 26.0. The van der Waals surface area contributed by atoms with E-state index in [9.17, 15) is 13.2 Å². The van der Waals surface area contributed by atoms with Crippen molar-refractivity contribution in [3.63, 3.8) is 0 Å². The van der Waals surface area contributed by atoms with Crippen molar-refractivity contribution >= 4 is 17.3 Å². The van der Waals surface area contributed by atoms with Crippen molar-refractivity contribution < 1.29 is 17.9 Å². The van der Waals surface area contributed by atoms with Gasteiger partial charge in [-0.05, 0) is 66.6 Å². The van der Waals surface area contributed by atoms with E-state index in [-0.39, 0.29) is 12.0 Å². The highest BCUT2D eigenvalue weighted by molar-refractivity contribution is 5.76. The molecule has 1 aromatic carbocycles. The first-order valence-corrected chi connectivity index (χ1v) is 13.2. The zero-order valence-corrected chi connectivity index (χ0v) is 21.4. The third-order valence-corrected chi connectivity index (χ3v) is 7.63. The molecule has 0 bridgehead atoms. The third kappa shape index (κ3) is 6.66. The van der Waals surface area contributed by atoms with Gasteiger partial charge in [0.2, 0.25) is 0 Å². The minimum atomic E-state index is -4.09. The summed E-state index contributed by atoms with van der Waals surface area (Å²) < 4.78 is 43.8. The number of pyridine rings is 1. The van der Waals surface area contributed by atoms with Crippen molar-refractivity contribution in [3.05, 3.63) is 35.9 Å². The number of nitrogens with zero attached hydrogens (tertiary/aromatic N) is 4. The summed E-state index contributed by atoms with van der Waals surface area (Å²) in [6, 6.07) is 10.7. The molecule has 202 valence electrons. The molecule has 0 radical (unpaired) electrons. The Bertz CT molecular complexity index is 1050. The van der Waals surface area contributed by atoms with Gasteiger partial charge in [0, 0.05) is 57.4 Å². The fourth-order valence-corrected chi connectivity index (χ4v) is 5.57. The maximum Gasteiger partial charge on any atom is 0.389 e. The fourth-order valence-electron chi connectivity index (χ4n) is 5.57. The normalized spacial score (nSPS) is 23.2. The number of halogens is 3. The highest BCUT2D eigenvalue weighted by atomic mass is 19.4. The van der Waals surface area contributed by atoms with Gasteiger partial charge in [-0.2, -0.15) is 13.2 Å². The van der Waals surface area contributed by atoms with Crippen LogP contribution in [0, 0.1) is 12.8 Å². The van der Waals surface area contributed by atoms with Gasteiger partial charge in [0.1, 0.15) is 11.6 Å². The maximum absolute atomic E-state index is 12.8. The average Bonchev–Trinajstić information content (AvgIpc) is 3.51. The van der Waals surface area contributed by atoms with Crippen LogP contribution in [0.3, 0.4) is 0 Å². The highest BCUT2D eigenvalue weighted by Crippen LogP contribution is 2.34. The third-order valence-electron chi connectivity index (χ3n) is 7.63. The Labute approximate surface area is 216 Å². The summed E-state index contributed by atoms with van der Waals surface area (Å²) in [7, 11) is 0. The number of benzene rings is 1. The number of rotatable bonds is 7. The summed E-state index contributed by atoms with van der Waals surface area (Å²) in [4.78, 5) is 11.6. The lowest BCUT2D eigenvalue weighted by atomic mass is 10.00. The Kier molecular flexibility index (Phi) is 7.78. The number of nitrogens with two attached hydrogens (primary N) is 1. The SMILES string of the molecule is Cc1ccc(NCN2CC[C@@H](CC(F)(F)F)C2)cc1-c1cc(N2CCOCC2)nc(N2CC[C@H](N)C2)c1. The molecule has 1 aromatic heterocycles. The second-order valence-corrected chi connectivity index (χ2v) is 10.6. The van der Waals surface area contributed by atoms with Crippen molar-refractivity contribution in [2.45, 2.75) is 38.4 Å². The van der Waals surface area contributed by atoms with Gasteiger partial charge in [0.25, 0.3) is 0 Å². The molecule has 2 atom stereocenters. The average molecular weight is 519 g/mol. The van der Waals surface area contributed by atoms with Gasteiger partial charge in [-0.1, -0.05) is 6.07 Å². The molecule has 3 fully saturated rings. The van der Waals surface area contributed by atoms with Crippen LogP contribution < -0.4 is 20.9 Å². The summed E-state index contributed by atoms with van der Waals surface area (Å²) in [5, 5.41) is 3.44. The topological polar surface area (TPSA) is 69.9 Å². The van der Waals surface area contributed by atoms with E-state index >= 15 is 0 Å². The van der Waals surface area contributed by atoms with Crippen molar-refractivity contribution in [1.29, 1.82) is 0 Å². The predicted octanol–water partition coefficient (Wildman–Crippen LogP) is 4.07. The summed E-state index contributed by atoms with van der Waals surface area (Å²) in [6.45, 7) is 8.47. The minimum Gasteiger partial charge on any atom is -0.378 e. The van der Waals surface area contributed by atoms with E-state index in [1.807, 2.05) is 6.07 Å². The van der Waals surface area contributed by atoms with Crippen LogP contribution in [0.5, 0.6) is 0 Å². The summed E-state index contributed by atoms with van der Waals surface area (Å²) in [5.41, 5.74) is 10.5. The van der Waals surface area contributed by atoms with Gasteiger partial charge >= 0.3 is 6.18 Å². The van der Waals surface area contributed by atoms with Gasteiger partial charge in [-0.25, -0.2) is 4.98 Å². The molecule has 3 aliphatic heterocycles. The van der Waals surface area contributed by atoms with Gasteiger partial charge in [0.05, 0.1) is 19.9 Å². The van der Waals surface area contributed by atoms with Crippen molar-refractivity contribution in [2.75, 3.05) is 74.3 Å². The largest absolute Gasteiger partial charge is 0.389 e. The molecule has 0 unspecified atom stereocenters. The lowest BCUT2D eigenvalue weighted by Crippen LogP contribution is -2.37. The first-order valence-electron chi connectivity index (χ1n) is 13.2. The highest BCUT2D eigenvalue weighted by Gasteiger charge is 2.35. The number of hydrogen-bond donors (Lipinski definition) is 2. The number of aromatic nitrogens is 1. The molecule has 0 amide bonds. The first-order chi connectivity index (χ1) is 17.7. The zero-order valence-electron chi connectivity index (χ0n) is 21.4.